The fraction of sp³-hybridized carbons (Fsp3) is 0.300. The third kappa shape index (κ3) is 6.78. The standard InChI is InChI=1S/C30H33ClN2O2S/c1-20(2)25-18-27(21(3)4)30(28(19-25)22(5)6)36(34,35)33-32-29(24-13-15-26(31)16-14-24)17-12-23-10-8-7-9-11-23/h7-11,13-16,18-22,33H,1-6H3/b32-29+. The van der Waals surface area contributed by atoms with Crippen LogP contribution in [0.1, 0.15) is 87.1 Å². The van der Waals surface area contributed by atoms with Gasteiger partial charge < -0.3 is 0 Å². The van der Waals surface area contributed by atoms with Gasteiger partial charge >= 0.3 is 0 Å². The largest absolute Gasteiger partial charge is 0.277 e. The van der Waals surface area contributed by atoms with Crippen molar-refractivity contribution in [1.82, 2.24) is 4.83 Å². The second-order valence-corrected chi connectivity index (χ2v) is 11.7. The van der Waals surface area contributed by atoms with Gasteiger partial charge in [-0.3, -0.25) is 0 Å². The van der Waals surface area contributed by atoms with Crippen LogP contribution in [0.15, 0.2) is 76.7 Å². The zero-order chi connectivity index (χ0) is 26.5. The van der Waals surface area contributed by atoms with Crippen molar-refractivity contribution in [2.45, 2.75) is 64.2 Å². The molecule has 0 aliphatic carbocycles. The molecule has 0 saturated carbocycles. The number of hydrazone groups is 1. The molecule has 3 rings (SSSR count). The van der Waals surface area contributed by atoms with Crippen LogP contribution in [0, 0.1) is 11.8 Å². The Morgan fingerprint density at radius 1 is 0.833 bits per heavy atom. The SMILES string of the molecule is CC(C)c1cc(C(C)C)c(S(=O)(=O)N/N=C(\C#Cc2ccccc2)c2ccc(Cl)cc2)c(C(C)C)c1. The van der Waals surface area contributed by atoms with Crippen LogP contribution >= 0.6 is 11.6 Å². The summed E-state index contributed by atoms with van der Waals surface area (Å²) in [6.45, 7) is 12.3. The van der Waals surface area contributed by atoms with Gasteiger partial charge in [-0.15, -0.1) is 0 Å². The first-order chi connectivity index (χ1) is 17.0. The Morgan fingerprint density at radius 2 is 1.39 bits per heavy atom. The van der Waals surface area contributed by atoms with Gasteiger partial charge in [0.2, 0.25) is 0 Å². The number of hydrogen-bond acceptors (Lipinski definition) is 3. The van der Waals surface area contributed by atoms with Crippen LogP contribution in [0.4, 0.5) is 0 Å². The quantitative estimate of drug-likeness (QED) is 0.200. The van der Waals surface area contributed by atoms with Crippen molar-refractivity contribution in [3.63, 3.8) is 0 Å². The van der Waals surface area contributed by atoms with Gasteiger partial charge in [0, 0.05) is 16.1 Å². The zero-order valence-corrected chi connectivity index (χ0v) is 23.2. The van der Waals surface area contributed by atoms with Gasteiger partial charge in [-0.05, 0) is 64.6 Å². The maximum atomic E-state index is 13.7. The highest BCUT2D eigenvalue weighted by atomic mass is 35.5. The number of nitrogens with zero attached hydrogens (tertiary/aromatic N) is 1. The molecule has 0 fully saturated rings. The molecule has 0 unspecified atom stereocenters. The van der Waals surface area contributed by atoms with Crippen molar-refractivity contribution in [2.75, 3.05) is 0 Å². The summed E-state index contributed by atoms with van der Waals surface area (Å²) < 4.78 is 27.5. The Hall–Kier alpha value is -3.07. The summed E-state index contributed by atoms with van der Waals surface area (Å²) in [7, 11) is -3.98. The molecule has 4 nitrogen and oxygen atoms in total. The van der Waals surface area contributed by atoms with E-state index < -0.39 is 10.0 Å². The first-order valence-electron chi connectivity index (χ1n) is 12.1. The van der Waals surface area contributed by atoms with E-state index in [2.05, 4.69) is 35.6 Å². The summed E-state index contributed by atoms with van der Waals surface area (Å²) in [5.41, 5.74) is 4.46. The van der Waals surface area contributed by atoms with Crippen LogP contribution < -0.4 is 4.83 Å². The van der Waals surface area contributed by atoms with Crippen LogP contribution in [0.5, 0.6) is 0 Å². The van der Waals surface area contributed by atoms with Gasteiger partial charge in [0.15, 0.2) is 0 Å². The summed E-state index contributed by atoms with van der Waals surface area (Å²) in [5.74, 6) is 6.41. The van der Waals surface area contributed by atoms with Gasteiger partial charge in [-0.25, -0.2) is 0 Å². The van der Waals surface area contributed by atoms with Crippen LogP contribution in [0.2, 0.25) is 5.02 Å². The van der Waals surface area contributed by atoms with Crippen LogP contribution in [-0.2, 0) is 10.0 Å². The Kier molecular flexibility index (Phi) is 9.00. The topological polar surface area (TPSA) is 58.5 Å². The molecule has 3 aromatic rings. The molecule has 0 atom stereocenters. The van der Waals surface area contributed by atoms with E-state index in [4.69, 9.17) is 11.6 Å². The number of sulfonamides is 1. The van der Waals surface area contributed by atoms with Crippen molar-refractivity contribution < 1.29 is 8.42 Å². The Bertz CT molecular complexity index is 1370. The lowest BCUT2D eigenvalue weighted by molar-refractivity contribution is 0.579. The van der Waals surface area contributed by atoms with Crippen LogP contribution in [-0.4, -0.2) is 14.1 Å². The molecule has 0 spiro atoms. The number of nitrogens with one attached hydrogen (secondary N) is 1. The van der Waals surface area contributed by atoms with Crippen molar-refractivity contribution in [3.8, 4) is 11.8 Å². The average molecular weight is 521 g/mol. The molecular formula is C30H33ClN2O2S. The summed E-state index contributed by atoms with van der Waals surface area (Å²) in [6, 6.07) is 20.5. The number of hydrogen-bond donors (Lipinski definition) is 1. The summed E-state index contributed by atoms with van der Waals surface area (Å²) in [6.07, 6.45) is 0. The first kappa shape index (κ1) is 27.5. The molecule has 0 radical (unpaired) electrons. The Balaban J connectivity index is 2.13. The van der Waals surface area contributed by atoms with E-state index in [-0.39, 0.29) is 17.8 Å². The van der Waals surface area contributed by atoms with E-state index in [1.54, 1.807) is 24.3 Å². The van der Waals surface area contributed by atoms with Crippen molar-refractivity contribution in [3.05, 3.63) is 99.6 Å². The maximum absolute atomic E-state index is 13.7. The minimum absolute atomic E-state index is 0.0189. The lowest BCUT2D eigenvalue weighted by Crippen LogP contribution is -2.24. The number of halogens is 1. The minimum Gasteiger partial charge on any atom is -0.200 e. The van der Waals surface area contributed by atoms with E-state index >= 15 is 0 Å². The summed E-state index contributed by atoms with van der Waals surface area (Å²) >= 11 is 6.06. The minimum atomic E-state index is -3.98. The molecule has 1 N–H and O–H groups in total. The normalized spacial score (nSPS) is 12.1. The molecule has 188 valence electrons. The Morgan fingerprint density at radius 3 is 1.89 bits per heavy atom. The predicted octanol–water partition coefficient (Wildman–Crippen LogP) is 7.44. The molecule has 0 heterocycles. The lowest BCUT2D eigenvalue weighted by Gasteiger charge is -2.22. The van der Waals surface area contributed by atoms with Crippen LogP contribution in [0.3, 0.4) is 0 Å². The second kappa shape index (κ2) is 11.8. The molecule has 0 aromatic heterocycles. The van der Waals surface area contributed by atoms with Crippen LogP contribution in [0.25, 0.3) is 0 Å². The second-order valence-electron chi connectivity index (χ2n) is 9.67. The first-order valence-corrected chi connectivity index (χ1v) is 14.0. The molecule has 0 saturated heterocycles. The Labute approximate surface area is 220 Å². The van der Waals surface area contributed by atoms with Crippen molar-refractivity contribution in [2.24, 2.45) is 5.10 Å². The highest BCUT2D eigenvalue weighted by molar-refractivity contribution is 7.89. The fourth-order valence-electron chi connectivity index (χ4n) is 3.78. The third-order valence-corrected chi connectivity index (χ3v) is 7.43. The summed E-state index contributed by atoms with van der Waals surface area (Å²) in [4.78, 5) is 2.79. The van der Waals surface area contributed by atoms with Crippen molar-refractivity contribution in [1.29, 1.82) is 0 Å². The molecule has 6 heteroatoms. The van der Waals surface area contributed by atoms with Gasteiger partial charge in [-0.1, -0.05) is 102 Å². The number of benzene rings is 3. The molecule has 0 aliphatic heterocycles. The molecule has 3 aromatic carbocycles. The molecule has 0 bridgehead atoms. The fourth-order valence-corrected chi connectivity index (χ4v) is 5.42. The monoisotopic (exact) mass is 520 g/mol. The van der Waals surface area contributed by atoms with E-state index in [1.165, 1.54) is 0 Å². The molecule has 0 amide bonds. The smallest absolute Gasteiger partial charge is 0.200 e. The highest BCUT2D eigenvalue weighted by Gasteiger charge is 2.27. The van der Waals surface area contributed by atoms with Gasteiger partial charge in [-0.2, -0.15) is 18.4 Å². The number of rotatable bonds is 7. The van der Waals surface area contributed by atoms with Gasteiger partial charge in [0.25, 0.3) is 10.0 Å². The van der Waals surface area contributed by atoms with E-state index in [9.17, 15) is 8.42 Å². The van der Waals surface area contributed by atoms with E-state index in [1.807, 2.05) is 70.2 Å². The van der Waals surface area contributed by atoms with Gasteiger partial charge in [0.05, 0.1) is 4.90 Å². The zero-order valence-electron chi connectivity index (χ0n) is 21.6. The lowest BCUT2D eigenvalue weighted by atomic mass is 9.89. The predicted molar refractivity (Wildman–Crippen MR) is 150 cm³/mol. The average Bonchev–Trinajstić information content (AvgIpc) is 2.84. The third-order valence-electron chi connectivity index (χ3n) is 5.84. The highest BCUT2D eigenvalue weighted by Crippen LogP contribution is 2.35. The van der Waals surface area contributed by atoms with Crippen molar-refractivity contribution >= 4 is 27.3 Å². The van der Waals surface area contributed by atoms with Gasteiger partial charge in [0.1, 0.15) is 5.71 Å². The molecule has 0 aliphatic rings. The molecular weight excluding hydrogens is 488 g/mol. The summed E-state index contributed by atoms with van der Waals surface area (Å²) in [5, 5.41) is 4.88. The molecule has 36 heavy (non-hydrogen) atoms. The maximum Gasteiger partial charge on any atom is 0.277 e. The van der Waals surface area contributed by atoms with E-state index in [0.717, 1.165) is 22.3 Å². The van der Waals surface area contributed by atoms with E-state index in [0.29, 0.717) is 21.2 Å².